The molecule has 0 spiro atoms. The zero-order valence-electron chi connectivity index (χ0n) is 16.1. The number of amidine groups is 1. The van der Waals surface area contributed by atoms with Gasteiger partial charge in [0.25, 0.3) is 5.91 Å². The minimum atomic E-state index is -0.375. The Hall–Kier alpha value is -2.45. The lowest BCUT2D eigenvalue weighted by Crippen LogP contribution is -2.52. The monoisotopic (exact) mass is 386 g/mol. The predicted octanol–water partition coefficient (Wildman–Crippen LogP) is 0.998. The van der Waals surface area contributed by atoms with Gasteiger partial charge in [-0.1, -0.05) is 6.92 Å². The van der Waals surface area contributed by atoms with Crippen LogP contribution >= 0.6 is 0 Å². The second-order valence-electron chi connectivity index (χ2n) is 7.44. The van der Waals surface area contributed by atoms with E-state index in [4.69, 9.17) is 14.9 Å². The number of nitrogens with one attached hydrogen (secondary N) is 2. The van der Waals surface area contributed by atoms with E-state index in [1.165, 1.54) is 0 Å². The first-order valence-electron chi connectivity index (χ1n) is 9.83. The van der Waals surface area contributed by atoms with Crippen molar-refractivity contribution in [3.05, 3.63) is 29.3 Å². The van der Waals surface area contributed by atoms with Gasteiger partial charge in [-0.2, -0.15) is 0 Å². The van der Waals surface area contributed by atoms with Crippen molar-refractivity contribution < 1.29 is 19.1 Å². The molecular weight excluding hydrogens is 360 g/mol. The quantitative estimate of drug-likeness (QED) is 0.787. The molecule has 0 saturated carbocycles. The van der Waals surface area contributed by atoms with Crippen LogP contribution < -0.4 is 10.1 Å². The fourth-order valence-corrected chi connectivity index (χ4v) is 4.13. The topological polar surface area (TPSA) is 95.0 Å². The number of fused-ring (bicyclic) bond motifs is 1. The van der Waals surface area contributed by atoms with E-state index >= 15 is 0 Å². The second-order valence-corrected chi connectivity index (χ2v) is 7.44. The molecule has 2 amide bonds. The molecule has 3 aliphatic heterocycles. The van der Waals surface area contributed by atoms with Crippen LogP contribution in [0.25, 0.3) is 0 Å². The Labute approximate surface area is 164 Å². The number of carbonyl (C=O) groups is 2. The Bertz CT molecular complexity index is 796. The summed E-state index contributed by atoms with van der Waals surface area (Å²) in [6.45, 7) is 6.43. The average molecular weight is 386 g/mol. The molecule has 3 heterocycles. The molecule has 0 radical (unpaired) electrons. The van der Waals surface area contributed by atoms with Crippen molar-refractivity contribution in [2.24, 2.45) is 0 Å². The number of morpholine rings is 1. The third-order valence-electron chi connectivity index (χ3n) is 5.74. The van der Waals surface area contributed by atoms with Crippen molar-refractivity contribution >= 4 is 17.6 Å². The second kappa shape index (κ2) is 7.89. The van der Waals surface area contributed by atoms with Crippen molar-refractivity contribution in [2.75, 3.05) is 32.9 Å². The van der Waals surface area contributed by atoms with Crippen LogP contribution in [0.5, 0.6) is 5.75 Å². The molecule has 28 heavy (non-hydrogen) atoms. The first-order chi connectivity index (χ1) is 13.6. The van der Waals surface area contributed by atoms with Crippen LogP contribution in [0.2, 0.25) is 0 Å². The maximum absolute atomic E-state index is 12.8. The molecule has 1 unspecified atom stereocenters. The maximum Gasteiger partial charge on any atom is 0.255 e. The SMILES string of the molecule is CCN1CCOC[C@H]1COc1ccc2c(c1)CN(C1CCC(=O)NC1=N)C2=O. The summed E-state index contributed by atoms with van der Waals surface area (Å²) >= 11 is 0. The molecule has 2 atom stereocenters. The van der Waals surface area contributed by atoms with Crippen molar-refractivity contribution in [3.63, 3.8) is 0 Å². The van der Waals surface area contributed by atoms with Crippen LogP contribution in [-0.2, 0) is 16.1 Å². The Morgan fingerprint density at radius 1 is 1.36 bits per heavy atom. The van der Waals surface area contributed by atoms with Crippen LogP contribution in [0.15, 0.2) is 18.2 Å². The van der Waals surface area contributed by atoms with Gasteiger partial charge in [0.1, 0.15) is 18.2 Å². The number of ether oxygens (including phenoxy) is 2. The highest BCUT2D eigenvalue weighted by Crippen LogP contribution is 2.30. The number of hydrogen-bond acceptors (Lipinski definition) is 6. The van der Waals surface area contributed by atoms with E-state index in [1.807, 2.05) is 12.1 Å². The molecule has 8 heteroatoms. The lowest BCUT2D eigenvalue weighted by Gasteiger charge is -2.34. The zero-order chi connectivity index (χ0) is 19.7. The molecule has 0 aliphatic carbocycles. The Balaban J connectivity index is 1.42. The molecule has 2 N–H and O–H groups in total. The number of nitrogens with zero attached hydrogens (tertiary/aromatic N) is 2. The van der Waals surface area contributed by atoms with Gasteiger partial charge in [0.05, 0.1) is 25.3 Å². The molecule has 1 aromatic carbocycles. The number of carbonyl (C=O) groups excluding carboxylic acids is 2. The summed E-state index contributed by atoms with van der Waals surface area (Å²) in [7, 11) is 0. The molecule has 4 rings (SSSR count). The lowest BCUT2D eigenvalue weighted by atomic mass is 10.0. The normalized spacial score (nSPS) is 25.6. The maximum atomic E-state index is 12.8. The van der Waals surface area contributed by atoms with Crippen LogP contribution in [-0.4, -0.2) is 72.4 Å². The van der Waals surface area contributed by atoms with E-state index in [0.717, 1.165) is 31.0 Å². The Kier molecular flexibility index (Phi) is 5.32. The highest BCUT2D eigenvalue weighted by Gasteiger charge is 2.37. The Morgan fingerprint density at radius 2 is 2.21 bits per heavy atom. The molecule has 3 aliphatic rings. The van der Waals surface area contributed by atoms with E-state index < -0.39 is 0 Å². The van der Waals surface area contributed by atoms with Crippen LogP contribution in [0.3, 0.4) is 0 Å². The standard InChI is InChI=1S/C20H26N4O4/c1-2-23-7-8-27-11-14(23)12-28-15-3-4-16-13(9-15)10-24(20(16)26)17-5-6-18(25)22-19(17)21/h3-4,9,14,17H,2,5-8,10-12H2,1H3,(H2,21,22,25)/t14-,17?/m0/s1. The molecule has 2 saturated heterocycles. The number of piperidine rings is 1. The fraction of sp³-hybridized carbons (Fsp3) is 0.550. The van der Waals surface area contributed by atoms with Gasteiger partial charge in [-0.05, 0) is 36.7 Å². The molecule has 0 aromatic heterocycles. The van der Waals surface area contributed by atoms with E-state index in [0.29, 0.717) is 38.2 Å². The minimum absolute atomic E-state index is 0.0923. The van der Waals surface area contributed by atoms with E-state index in [2.05, 4.69) is 17.1 Å². The van der Waals surface area contributed by atoms with Gasteiger partial charge in [0.15, 0.2) is 0 Å². The summed E-state index contributed by atoms with van der Waals surface area (Å²) in [5.41, 5.74) is 1.55. The van der Waals surface area contributed by atoms with E-state index in [1.54, 1.807) is 11.0 Å². The van der Waals surface area contributed by atoms with Crippen LogP contribution in [0, 0.1) is 5.41 Å². The van der Waals surface area contributed by atoms with E-state index in [9.17, 15) is 9.59 Å². The number of benzene rings is 1. The van der Waals surface area contributed by atoms with E-state index in [-0.39, 0.29) is 29.7 Å². The zero-order valence-corrected chi connectivity index (χ0v) is 16.1. The van der Waals surface area contributed by atoms with Crippen LogP contribution in [0.1, 0.15) is 35.7 Å². The first kappa shape index (κ1) is 18.9. The third-order valence-corrected chi connectivity index (χ3v) is 5.74. The summed E-state index contributed by atoms with van der Waals surface area (Å²) in [4.78, 5) is 28.2. The smallest absolute Gasteiger partial charge is 0.255 e. The number of rotatable bonds is 5. The first-order valence-corrected chi connectivity index (χ1v) is 9.83. The minimum Gasteiger partial charge on any atom is -0.492 e. The summed E-state index contributed by atoms with van der Waals surface area (Å²) in [5.74, 6) is 0.590. The van der Waals surface area contributed by atoms with Gasteiger partial charge < -0.3 is 19.7 Å². The largest absolute Gasteiger partial charge is 0.492 e. The summed E-state index contributed by atoms with van der Waals surface area (Å²) < 4.78 is 11.6. The number of likely N-dealkylation sites (N-methyl/N-ethyl adjacent to an activating group) is 1. The van der Waals surface area contributed by atoms with Crippen molar-refractivity contribution in [2.45, 2.75) is 38.4 Å². The summed E-state index contributed by atoms with van der Waals surface area (Å²) in [5, 5.41) is 10.6. The van der Waals surface area contributed by atoms with Crippen molar-refractivity contribution in [1.29, 1.82) is 5.41 Å². The van der Waals surface area contributed by atoms with Gasteiger partial charge in [0.2, 0.25) is 5.91 Å². The van der Waals surface area contributed by atoms with Crippen LogP contribution in [0.4, 0.5) is 0 Å². The Morgan fingerprint density at radius 3 is 3.00 bits per heavy atom. The predicted molar refractivity (Wildman–Crippen MR) is 103 cm³/mol. The van der Waals surface area contributed by atoms with Crippen molar-refractivity contribution in [3.8, 4) is 5.75 Å². The van der Waals surface area contributed by atoms with Gasteiger partial charge >= 0.3 is 0 Å². The lowest BCUT2D eigenvalue weighted by molar-refractivity contribution is -0.120. The summed E-state index contributed by atoms with van der Waals surface area (Å²) in [6.07, 6.45) is 0.821. The number of hydrogen-bond donors (Lipinski definition) is 2. The molecule has 0 bridgehead atoms. The average Bonchev–Trinajstić information content (AvgIpc) is 3.02. The fourth-order valence-electron chi connectivity index (χ4n) is 4.13. The van der Waals surface area contributed by atoms with Gasteiger partial charge in [-0.25, -0.2) is 0 Å². The van der Waals surface area contributed by atoms with Gasteiger partial charge in [-0.15, -0.1) is 0 Å². The van der Waals surface area contributed by atoms with Crippen molar-refractivity contribution in [1.82, 2.24) is 15.1 Å². The molecule has 2 fully saturated rings. The molecule has 150 valence electrons. The summed E-state index contributed by atoms with van der Waals surface area (Å²) in [6, 6.07) is 5.40. The highest BCUT2D eigenvalue weighted by atomic mass is 16.5. The van der Waals surface area contributed by atoms with Gasteiger partial charge in [-0.3, -0.25) is 19.9 Å². The highest BCUT2D eigenvalue weighted by molar-refractivity contribution is 6.06. The molecule has 1 aromatic rings. The number of amides is 2. The molecular formula is C20H26N4O4. The molecule has 8 nitrogen and oxygen atoms in total. The van der Waals surface area contributed by atoms with Gasteiger partial charge in [0, 0.05) is 25.1 Å². The third kappa shape index (κ3) is 3.62.